The highest BCUT2D eigenvalue weighted by Crippen LogP contribution is 2.30. The van der Waals surface area contributed by atoms with E-state index in [0.717, 1.165) is 11.8 Å². The van der Waals surface area contributed by atoms with Crippen molar-refractivity contribution >= 4 is 0 Å². The van der Waals surface area contributed by atoms with Gasteiger partial charge in [-0.1, -0.05) is 26.7 Å². The van der Waals surface area contributed by atoms with Gasteiger partial charge in [0.05, 0.1) is 0 Å². The summed E-state index contributed by atoms with van der Waals surface area (Å²) in [5.74, 6) is 1.94. The molecule has 1 rings (SSSR count). The SMILES string of the molecule is CCCN(CC1CCC(C)CC1)C(C)(C)C. The fraction of sp³-hybridized carbons (Fsp3) is 1.00. The van der Waals surface area contributed by atoms with E-state index >= 15 is 0 Å². The molecule has 0 unspecified atom stereocenters. The van der Waals surface area contributed by atoms with Gasteiger partial charge in [0.15, 0.2) is 0 Å². The van der Waals surface area contributed by atoms with Crippen LogP contribution in [0.25, 0.3) is 0 Å². The van der Waals surface area contributed by atoms with E-state index in [1.807, 2.05) is 0 Å². The predicted molar refractivity (Wildman–Crippen MR) is 72.7 cm³/mol. The first-order chi connectivity index (χ1) is 7.43. The molecule has 0 radical (unpaired) electrons. The van der Waals surface area contributed by atoms with Crippen molar-refractivity contribution in [2.45, 2.75) is 72.3 Å². The quantitative estimate of drug-likeness (QED) is 0.688. The summed E-state index contributed by atoms with van der Waals surface area (Å²) in [6.45, 7) is 14.3. The molecule has 1 saturated carbocycles. The second-order valence-electron chi connectivity index (χ2n) is 6.74. The van der Waals surface area contributed by atoms with Crippen molar-refractivity contribution in [3.8, 4) is 0 Å². The fourth-order valence-corrected chi connectivity index (χ4v) is 2.79. The molecule has 96 valence electrons. The molecule has 0 aromatic rings. The zero-order chi connectivity index (χ0) is 12.2. The number of rotatable bonds is 4. The second-order valence-corrected chi connectivity index (χ2v) is 6.74. The Bertz CT molecular complexity index is 184. The third-order valence-corrected chi connectivity index (χ3v) is 4.06. The second kappa shape index (κ2) is 6.05. The third kappa shape index (κ3) is 4.45. The van der Waals surface area contributed by atoms with Gasteiger partial charge in [0, 0.05) is 12.1 Å². The van der Waals surface area contributed by atoms with Gasteiger partial charge in [-0.25, -0.2) is 0 Å². The molecule has 0 spiro atoms. The molecular weight excluding hydrogens is 194 g/mol. The minimum atomic E-state index is 0.346. The summed E-state index contributed by atoms with van der Waals surface area (Å²) in [7, 11) is 0. The standard InChI is InChI=1S/C15H31N/c1-6-11-16(15(3,4)5)12-14-9-7-13(2)8-10-14/h13-14H,6-12H2,1-5H3. The highest BCUT2D eigenvalue weighted by atomic mass is 15.2. The van der Waals surface area contributed by atoms with Crippen LogP contribution in [-0.2, 0) is 0 Å². The van der Waals surface area contributed by atoms with Crippen LogP contribution in [-0.4, -0.2) is 23.5 Å². The maximum absolute atomic E-state index is 2.69. The summed E-state index contributed by atoms with van der Waals surface area (Å²) in [6, 6.07) is 0. The van der Waals surface area contributed by atoms with Gasteiger partial charge < -0.3 is 0 Å². The molecule has 1 nitrogen and oxygen atoms in total. The molecule has 1 aliphatic carbocycles. The summed E-state index contributed by atoms with van der Waals surface area (Å²) in [5.41, 5.74) is 0.346. The first-order valence-electron chi connectivity index (χ1n) is 7.18. The number of nitrogens with zero attached hydrogens (tertiary/aromatic N) is 1. The van der Waals surface area contributed by atoms with E-state index in [1.54, 1.807) is 0 Å². The smallest absolute Gasteiger partial charge is 0.0125 e. The lowest BCUT2D eigenvalue weighted by Crippen LogP contribution is -2.45. The summed E-state index contributed by atoms with van der Waals surface area (Å²) in [5, 5.41) is 0. The Morgan fingerprint density at radius 3 is 2.06 bits per heavy atom. The van der Waals surface area contributed by atoms with Crippen LogP contribution < -0.4 is 0 Å². The highest BCUT2D eigenvalue weighted by molar-refractivity contribution is 4.80. The molecule has 16 heavy (non-hydrogen) atoms. The van der Waals surface area contributed by atoms with Crippen molar-refractivity contribution in [3.63, 3.8) is 0 Å². The van der Waals surface area contributed by atoms with Crippen LogP contribution in [0.3, 0.4) is 0 Å². The number of hydrogen-bond donors (Lipinski definition) is 0. The van der Waals surface area contributed by atoms with Crippen LogP contribution in [0.4, 0.5) is 0 Å². The average Bonchev–Trinajstić information content (AvgIpc) is 2.19. The Kier molecular flexibility index (Phi) is 5.30. The van der Waals surface area contributed by atoms with Gasteiger partial charge >= 0.3 is 0 Å². The zero-order valence-electron chi connectivity index (χ0n) is 12.1. The third-order valence-electron chi connectivity index (χ3n) is 4.06. The summed E-state index contributed by atoms with van der Waals surface area (Å²) < 4.78 is 0. The number of hydrogen-bond acceptors (Lipinski definition) is 1. The van der Waals surface area contributed by atoms with Gasteiger partial charge in [-0.15, -0.1) is 0 Å². The van der Waals surface area contributed by atoms with Crippen molar-refractivity contribution < 1.29 is 0 Å². The normalized spacial score (nSPS) is 27.4. The highest BCUT2D eigenvalue weighted by Gasteiger charge is 2.25. The van der Waals surface area contributed by atoms with Crippen LogP contribution in [0.1, 0.15) is 66.7 Å². The van der Waals surface area contributed by atoms with Gasteiger partial charge in [0.1, 0.15) is 0 Å². The van der Waals surface area contributed by atoms with Crippen molar-refractivity contribution in [2.24, 2.45) is 11.8 Å². The Morgan fingerprint density at radius 2 is 1.62 bits per heavy atom. The Hall–Kier alpha value is -0.0400. The minimum Gasteiger partial charge on any atom is -0.298 e. The lowest BCUT2D eigenvalue weighted by atomic mass is 9.82. The van der Waals surface area contributed by atoms with E-state index < -0.39 is 0 Å². The zero-order valence-corrected chi connectivity index (χ0v) is 12.1. The summed E-state index contributed by atoms with van der Waals surface area (Å²) in [6.07, 6.45) is 7.10. The van der Waals surface area contributed by atoms with Gasteiger partial charge in [-0.3, -0.25) is 4.90 Å². The molecule has 0 bridgehead atoms. The minimum absolute atomic E-state index is 0.346. The van der Waals surface area contributed by atoms with E-state index in [0.29, 0.717) is 5.54 Å². The maximum atomic E-state index is 2.69. The van der Waals surface area contributed by atoms with Crippen LogP contribution in [0, 0.1) is 11.8 Å². The first kappa shape index (κ1) is 14.0. The summed E-state index contributed by atoms with van der Waals surface area (Å²) in [4.78, 5) is 2.69. The van der Waals surface area contributed by atoms with Crippen LogP contribution >= 0.6 is 0 Å². The van der Waals surface area contributed by atoms with Gasteiger partial charge in [-0.2, -0.15) is 0 Å². The Labute approximate surface area is 103 Å². The molecular formula is C15H31N. The molecule has 0 saturated heterocycles. The van der Waals surface area contributed by atoms with E-state index in [4.69, 9.17) is 0 Å². The molecule has 1 fully saturated rings. The molecule has 1 heteroatoms. The van der Waals surface area contributed by atoms with E-state index in [-0.39, 0.29) is 0 Å². The lowest BCUT2D eigenvalue weighted by molar-refractivity contribution is 0.0965. The van der Waals surface area contributed by atoms with Crippen molar-refractivity contribution in [1.29, 1.82) is 0 Å². The van der Waals surface area contributed by atoms with Crippen LogP contribution in [0.5, 0.6) is 0 Å². The van der Waals surface area contributed by atoms with Crippen LogP contribution in [0.2, 0.25) is 0 Å². The van der Waals surface area contributed by atoms with E-state index in [2.05, 4.69) is 39.5 Å². The molecule has 0 aromatic carbocycles. The monoisotopic (exact) mass is 225 g/mol. The van der Waals surface area contributed by atoms with Gasteiger partial charge in [0.25, 0.3) is 0 Å². The van der Waals surface area contributed by atoms with Gasteiger partial charge in [-0.05, 0) is 58.4 Å². The lowest BCUT2D eigenvalue weighted by Gasteiger charge is -2.39. The molecule has 0 aliphatic heterocycles. The molecule has 0 atom stereocenters. The van der Waals surface area contributed by atoms with E-state index in [1.165, 1.54) is 45.2 Å². The van der Waals surface area contributed by atoms with Gasteiger partial charge in [0.2, 0.25) is 0 Å². The molecule has 1 aliphatic rings. The average molecular weight is 225 g/mol. The molecule has 0 amide bonds. The predicted octanol–water partition coefficient (Wildman–Crippen LogP) is 4.32. The first-order valence-corrected chi connectivity index (χ1v) is 7.18. The van der Waals surface area contributed by atoms with Crippen LogP contribution in [0.15, 0.2) is 0 Å². The van der Waals surface area contributed by atoms with Crippen molar-refractivity contribution in [3.05, 3.63) is 0 Å². The Morgan fingerprint density at radius 1 is 1.06 bits per heavy atom. The summed E-state index contributed by atoms with van der Waals surface area (Å²) >= 11 is 0. The molecule has 0 N–H and O–H groups in total. The van der Waals surface area contributed by atoms with E-state index in [9.17, 15) is 0 Å². The maximum Gasteiger partial charge on any atom is 0.0125 e. The largest absolute Gasteiger partial charge is 0.298 e. The molecule has 0 aromatic heterocycles. The topological polar surface area (TPSA) is 3.24 Å². The fourth-order valence-electron chi connectivity index (χ4n) is 2.79. The van der Waals surface area contributed by atoms with Crippen molar-refractivity contribution in [1.82, 2.24) is 4.90 Å². The Balaban J connectivity index is 2.42. The van der Waals surface area contributed by atoms with Crippen molar-refractivity contribution in [2.75, 3.05) is 13.1 Å². The molecule has 0 heterocycles.